The standard InChI is InChI=1S/C14H21ClN4O/c1-3-11-18-13(15)9(2)14(19-11)16-8-4-5-12(20)17-10-6-7-10/h10H,3-8H2,1-2H3,(H,17,20)(H,16,18,19). The maximum atomic E-state index is 11.5. The molecule has 1 heterocycles. The zero-order valence-electron chi connectivity index (χ0n) is 12.0. The third-order valence-corrected chi connectivity index (χ3v) is 3.63. The molecule has 0 unspecified atom stereocenters. The molecule has 0 aliphatic heterocycles. The van der Waals surface area contributed by atoms with Gasteiger partial charge in [-0.05, 0) is 26.2 Å². The van der Waals surface area contributed by atoms with E-state index >= 15 is 0 Å². The molecule has 0 aromatic carbocycles. The second-order valence-electron chi connectivity index (χ2n) is 5.13. The Morgan fingerprint density at radius 3 is 2.80 bits per heavy atom. The van der Waals surface area contributed by atoms with Crippen molar-refractivity contribution in [3.05, 3.63) is 16.5 Å². The number of nitrogens with one attached hydrogen (secondary N) is 2. The Morgan fingerprint density at radius 1 is 1.40 bits per heavy atom. The van der Waals surface area contributed by atoms with Crippen molar-refractivity contribution >= 4 is 23.3 Å². The molecule has 1 aliphatic rings. The van der Waals surface area contributed by atoms with Crippen molar-refractivity contribution in [2.75, 3.05) is 11.9 Å². The van der Waals surface area contributed by atoms with E-state index in [4.69, 9.17) is 11.6 Å². The molecule has 0 saturated heterocycles. The largest absolute Gasteiger partial charge is 0.370 e. The highest BCUT2D eigenvalue weighted by molar-refractivity contribution is 6.30. The first kappa shape index (κ1) is 15.0. The van der Waals surface area contributed by atoms with Gasteiger partial charge in [0.1, 0.15) is 16.8 Å². The molecule has 110 valence electrons. The van der Waals surface area contributed by atoms with Gasteiger partial charge in [-0.25, -0.2) is 9.97 Å². The first-order valence-electron chi connectivity index (χ1n) is 7.16. The smallest absolute Gasteiger partial charge is 0.220 e. The van der Waals surface area contributed by atoms with Gasteiger partial charge in [0.05, 0.1) is 0 Å². The lowest BCUT2D eigenvalue weighted by molar-refractivity contribution is -0.121. The fraction of sp³-hybridized carbons (Fsp3) is 0.643. The first-order valence-corrected chi connectivity index (χ1v) is 7.54. The Balaban J connectivity index is 1.78. The lowest BCUT2D eigenvalue weighted by Gasteiger charge is -2.11. The molecule has 5 nitrogen and oxygen atoms in total. The van der Waals surface area contributed by atoms with Gasteiger partial charge in [-0.15, -0.1) is 0 Å². The molecule has 0 atom stereocenters. The number of amides is 1. The lowest BCUT2D eigenvalue weighted by atomic mass is 10.2. The van der Waals surface area contributed by atoms with Crippen molar-refractivity contribution in [3.63, 3.8) is 0 Å². The number of rotatable bonds is 7. The van der Waals surface area contributed by atoms with Crippen LogP contribution in [-0.4, -0.2) is 28.5 Å². The van der Waals surface area contributed by atoms with Gasteiger partial charge in [-0.1, -0.05) is 18.5 Å². The number of anilines is 1. The third-order valence-electron chi connectivity index (χ3n) is 3.26. The highest BCUT2D eigenvalue weighted by Crippen LogP contribution is 2.20. The van der Waals surface area contributed by atoms with E-state index in [1.807, 2.05) is 13.8 Å². The third kappa shape index (κ3) is 4.34. The molecule has 20 heavy (non-hydrogen) atoms. The van der Waals surface area contributed by atoms with Crippen molar-refractivity contribution in [3.8, 4) is 0 Å². The van der Waals surface area contributed by atoms with Gasteiger partial charge in [-0.2, -0.15) is 0 Å². The van der Waals surface area contributed by atoms with Crippen LogP contribution in [0.25, 0.3) is 0 Å². The number of hydrogen-bond acceptors (Lipinski definition) is 4. The average Bonchev–Trinajstić information content (AvgIpc) is 3.22. The summed E-state index contributed by atoms with van der Waals surface area (Å²) in [5.41, 5.74) is 0.853. The summed E-state index contributed by atoms with van der Waals surface area (Å²) in [5, 5.41) is 6.71. The van der Waals surface area contributed by atoms with Crippen molar-refractivity contribution in [2.24, 2.45) is 0 Å². The summed E-state index contributed by atoms with van der Waals surface area (Å²) >= 11 is 6.07. The molecule has 2 rings (SSSR count). The highest BCUT2D eigenvalue weighted by Gasteiger charge is 2.22. The van der Waals surface area contributed by atoms with Crippen molar-refractivity contribution in [2.45, 2.75) is 52.0 Å². The molecule has 1 saturated carbocycles. The minimum atomic E-state index is 0.140. The van der Waals surface area contributed by atoms with Gasteiger partial charge in [-0.3, -0.25) is 4.79 Å². The van der Waals surface area contributed by atoms with Gasteiger partial charge in [0, 0.05) is 31.0 Å². The van der Waals surface area contributed by atoms with Gasteiger partial charge < -0.3 is 10.6 Å². The Hall–Kier alpha value is -1.36. The number of halogens is 1. The molecule has 1 aliphatic carbocycles. The Bertz CT molecular complexity index is 488. The molecule has 0 bridgehead atoms. The van der Waals surface area contributed by atoms with E-state index in [2.05, 4.69) is 20.6 Å². The van der Waals surface area contributed by atoms with Gasteiger partial charge in [0.2, 0.25) is 5.91 Å². The highest BCUT2D eigenvalue weighted by atomic mass is 35.5. The number of carbonyl (C=O) groups excluding carboxylic acids is 1. The number of aromatic nitrogens is 2. The minimum absolute atomic E-state index is 0.140. The predicted octanol–water partition coefficient (Wildman–Crippen LogP) is 2.47. The molecule has 0 spiro atoms. The van der Waals surface area contributed by atoms with Crippen LogP contribution in [0.3, 0.4) is 0 Å². The normalized spacial score (nSPS) is 14.2. The van der Waals surface area contributed by atoms with Gasteiger partial charge in [0.25, 0.3) is 0 Å². The van der Waals surface area contributed by atoms with E-state index in [9.17, 15) is 4.79 Å². The zero-order chi connectivity index (χ0) is 14.5. The summed E-state index contributed by atoms with van der Waals surface area (Å²) < 4.78 is 0. The Kier molecular flexibility index (Phi) is 5.17. The summed E-state index contributed by atoms with van der Waals surface area (Å²) in [6.07, 6.45) is 4.33. The maximum Gasteiger partial charge on any atom is 0.220 e. The zero-order valence-corrected chi connectivity index (χ0v) is 12.8. The monoisotopic (exact) mass is 296 g/mol. The SMILES string of the molecule is CCc1nc(Cl)c(C)c(NCCCC(=O)NC2CC2)n1. The quantitative estimate of drug-likeness (QED) is 0.599. The Labute approximate surface area is 124 Å². The summed E-state index contributed by atoms with van der Waals surface area (Å²) in [6, 6.07) is 0.436. The van der Waals surface area contributed by atoms with Crippen LogP contribution in [-0.2, 0) is 11.2 Å². The van der Waals surface area contributed by atoms with Crippen LogP contribution < -0.4 is 10.6 Å². The molecule has 1 amide bonds. The second-order valence-corrected chi connectivity index (χ2v) is 5.49. The van der Waals surface area contributed by atoms with E-state index in [1.54, 1.807) is 0 Å². The fourth-order valence-electron chi connectivity index (χ4n) is 1.85. The van der Waals surface area contributed by atoms with Crippen LogP contribution in [0.5, 0.6) is 0 Å². The first-order chi connectivity index (χ1) is 9.60. The van der Waals surface area contributed by atoms with Crippen molar-refractivity contribution < 1.29 is 4.79 Å². The van der Waals surface area contributed by atoms with Crippen LogP contribution in [0.1, 0.15) is 44.0 Å². The Morgan fingerprint density at radius 2 is 2.15 bits per heavy atom. The van der Waals surface area contributed by atoms with Crippen LogP contribution in [0.4, 0.5) is 5.82 Å². The van der Waals surface area contributed by atoms with Gasteiger partial charge >= 0.3 is 0 Å². The number of carbonyl (C=O) groups is 1. The van der Waals surface area contributed by atoms with Crippen LogP contribution in [0, 0.1) is 6.92 Å². The summed E-state index contributed by atoms with van der Waals surface area (Å²) in [7, 11) is 0. The van der Waals surface area contributed by atoms with Crippen LogP contribution >= 0.6 is 11.6 Å². The molecule has 2 N–H and O–H groups in total. The second kappa shape index (κ2) is 6.88. The number of nitrogens with zero attached hydrogens (tertiary/aromatic N) is 2. The predicted molar refractivity (Wildman–Crippen MR) is 80.0 cm³/mol. The number of aryl methyl sites for hydroxylation is 1. The minimum Gasteiger partial charge on any atom is -0.370 e. The van der Waals surface area contributed by atoms with E-state index in [0.29, 0.717) is 24.2 Å². The van der Waals surface area contributed by atoms with Crippen molar-refractivity contribution in [1.29, 1.82) is 0 Å². The number of hydrogen-bond donors (Lipinski definition) is 2. The van der Waals surface area contributed by atoms with E-state index < -0.39 is 0 Å². The van der Waals surface area contributed by atoms with E-state index in [0.717, 1.165) is 42.9 Å². The average molecular weight is 297 g/mol. The lowest BCUT2D eigenvalue weighted by Crippen LogP contribution is -2.25. The fourth-order valence-corrected chi connectivity index (χ4v) is 2.03. The van der Waals surface area contributed by atoms with Crippen LogP contribution in [0.2, 0.25) is 5.15 Å². The van der Waals surface area contributed by atoms with E-state index in [-0.39, 0.29) is 5.91 Å². The molecule has 0 radical (unpaired) electrons. The summed E-state index contributed by atoms with van der Waals surface area (Å²) in [6.45, 7) is 4.59. The van der Waals surface area contributed by atoms with Gasteiger partial charge in [0.15, 0.2) is 0 Å². The molecule has 1 aromatic heterocycles. The van der Waals surface area contributed by atoms with E-state index in [1.165, 1.54) is 0 Å². The van der Waals surface area contributed by atoms with Crippen LogP contribution in [0.15, 0.2) is 0 Å². The molecular formula is C14H21ClN4O. The summed E-state index contributed by atoms with van der Waals surface area (Å²) in [4.78, 5) is 20.2. The molecular weight excluding hydrogens is 276 g/mol. The summed E-state index contributed by atoms with van der Waals surface area (Å²) in [5.74, 6) is 1.64. The molecule has 6 heteroatoms. The molecule has 1 aromatic rings. The van der Waals surface area contributed by atoms with Crippen molar-refractivity contribution in [1.82, 2.24) is 15.3 Å². The maximum absolute atomic E-state index is 11.5. The topological polar surface area (TPSA) is 66.9 Å². The molecule has 1 fully saturated rings.